The molecule has 24 heavy (non-hydrogen) atoms. The number of hydrogen-bond donors (Lipinski definition) is 2. The Labute approximate surface area is 142 Å². The highest BCUT2D eigenvalue weighted by Gasteiger charge is 2.40. The number of rotatable bonds is 6. The minimum Gasteiger partial charge on any atom is -0.378 e. The highest BCUT2D eigenvalue weighted by atomic mass is 16.5. The molecule has 6 nitrogen and oxygen atoms in total. The van der Waals surface area contributed by atoms with Gasteiger partial charge in [0.15, 0.2) is 5.60 Å². The van der Waals surface area contributed by atoms with E-state index in [9.17, 15) is 14.7 Å². The van der Waals surface area contributed by atoms with Crippen LogP contribution in [0, 0.1) is 0 Å². The lowest BCUT2D eigenvalue weighted by Crippen LogP contribution is -2.57. The number of piperidine rings is 1. The molecule has 0 spiro atoms. The molecule has 2 N–H and O–H groups in total. The lowest BCUT2D eigenvalue weighted by molar-refractivity contribution is -0.150. The van der Waals surface area contributed by atoms with Gasteiger partial charge in [-0.25, -0.2) is 0 Å². The fourth-order valence-electron chi connectivity index (χ4n) is 2.81. The van der Waals surface area contributed by atoms with Gasteiger partial charge in [-0.2, -0.15) is 0 Å². The summed E-state index contributed by atoms with van der Waals surface area (Å²) in [6, 6.07) is 7.79. The lowest BCUT2D eigenvalue weighted by atomic mass is 9.91. The lowest BCUT2D eigenvalue weighted by Gasteiger charge is -2.37. The fourth-order valence-corrected chi connectivity index (χ4v) is 2.81. The molecule has 0 aromatic heterocycles. The summed E-state index contributed by atoms with van der Waals surface area (Å²) in [5.41, 5.74) is 0.528. The topological polar surface area (TPSA) is 78.9 Å². The smallest absolute Gasteiger partial charge is 0.254 e. The SMILES string of the molecule is CCOCc1ccc(CNC(=O)C2(O)CCCN(C(C)=O)C2)cc1. The van der Waals surface area contributed by atoms with Crippen molar-refractivity contribution in [3.8, 4) is 0 Å². The molecule has 1 atom stereocenters. The van der Waals surface area contributed by atoms with Crippen LogP contribution in [0.4, 0.5) is 0 Å². The zero-order chi connectivity index (χ0) is 17.6. The van der Waals surface area contributed by atoms with Crippen molar-refractivity contribution in [1.82, 2.24) is 10.2 Å². The third kappa shape index (κ3) is 4.79. The summed E-state index contributed by atoms with van der Waals surface area (Å²) in [5.74, 6) is -0.544. The molecule has 1 saturated heterocycles. The van der Waals surface area contributed by atoms with Crippen molar-refractivity contribution in [1.29, 1.82) is 0 Å². The van der Waals surface area contributed by atoms with Crippen LogP contribution in [-0.2, 0) is 27.5 Å². The quantitative estimate of drug-likeness (QED) is 0.820. The molecule has 1 unspecified atom stereocenters. The molecule has 0 saturated carbocycles. The van der Waals surface area contributed by atoms with Crippen molar-refractivity contribution in [2.75, 3.05) is 19.7 Å². The standard InChI is InChI=1S/C18H26N2O4/c1-3-24-12-16-7-5-15(6-8-16)11-19-17(22)18(23)9-4-10-20(13-18)14(2)21/h5-8,23H,3-4,9-13H2,1-2H3,(H,19,22). The van der Waals surface area contributed by atoms with Crippen LogP contribution in [0.2, 0.25) is 0 Å². The van der Waals surface area contributed by atoms with E-state index < -0.39 is 11.5 Å². The van der Waals surface area contributed by atoms with E-state index in [2.05, 4.69) is 5.32 Å². The maximum Gasteiger partial charge on any atom is 0.254 e. The van der Waals surface area contributed by atoms with Crippen LogP contribution in [0.15, 0.2) is 24.3 Å². The molecule has 1 aromatic carbocycles. The monoisotopic (exact) mass is 334 g/mol. The number of likely N-dealkylation sites (tertiary alicyclic amines) is 1. The summed E-state index contributed by atoms with van der Waals surface area (Å²) in [5, 5.41) is 13.3. The van der Waals surface area contributed by atoms with Crippen molar-refractivity contribution < 1.29 is 19.4 Å². The highest BCUT2D eigenvalue weighted by molar-refractivity contribution is 5.86. The maximum absolute atomic E-state index is 12.4. The van der Waals surface area contributed by atoms with E-state index in [0.29, 0.717) is 39.1 Å². The third-order valence-electron chi connectivity index (χ3n) is 4.29. The predicted molar refractivity (Wildman–Crippen MR) is 90.1 cm³/mol. The second-order valence-electron chi connectivity index (χ2n) is 6.21. The molecular weight excluding hydrogens is 308 g/mol. The van der Waals surface area contributed by atoms with Gasteiger partial charge in [0.25, 0.3) is 5.91 Å². The summed E-state index contributed by atoms with van der Waals surface area (Å²) in [4.78, 5) is 25.3. The normalized spacial score (nSPS) is 20.7. The summed E-state index contributed by atoms with van der Waals surface area (Å²) in [6.07, 6.45) is 0.992. The minimum absolute atomic E-state index is 0.0570. The van der Waals surface area contributed by atoms with E-state index in [1.165, 1.54) is 11.8 Å². The molecule has 1 aliphatic rings. The number of aliphatic hydroxyl groups is 1. The molecule has 0 bridgehead atoms. The van der Waals surface area contributed by atoms with Crippen LogP contribution in [0.1, 0.15) is 37.8 Å². The average Bonchev–Trinajstić information content (AvgIpc) is 2.58. The van der Waals surface area contributed by atoms with Gasteiger partial charge in [-0.05, 0) is 30.9 Å². The number of carbonyl (C=O) groups is 2. The minimum atomic E-state index is -1.50. The zero-order valence-electron chi connectivity index (χ0n) is 14.4. The van der Waals surface area contributed by atoms with Gasteiger partial charge >= 0.3 is 0 Å². The summed E-state index contributed by atoms with van der Waals surface area (Å²) in [7, 11) is 0. The van der Waals surface area contributed by atoms with Crippen LogP contribution in [-0.4, -0.2) is 47.1 Å². The van der Waals surface area contributed by atoms with E-state index in [-0.39, 0.29) is 12.5 Å². The van der Waals surface area contributed by atoms with Crippen molar-refractivity contribution in [3.05, 3.63) is 35.4 Å². The number of ether oxygens (including phenoxy) is 1. The number of β-amino-alcohol motifs (C(OH)–C–C–N with tert-alkyl or cyclic N) is 1. The summed E-state index contributed by atoms with van der Waals surface area (Å²) >= 11 is 0. The second kappa shape index (κ2) is 8.26. The van der Waals surface area contributed by atoms with Gasteiger partial charge < -0.3 is 20.1 Å². The number of carbonyl (C=O) groups excluding carboxylic acids is 2. The molecule has 1 aliphatic heterocycles. The van der Waals surface area contributed by atoms with Crippen LogP contribution < -0.4 is 5.32 Å². The van der Waals surface area contributed by atoms with E-state index in [0.717, 1.165) is 11.1 Å². The van der Waals surface area contributed by atoms with Gasteiger partial charge in [0.1, 0.15) is 0 Å². The molecular formula is C18H26N2O4. The van der Waals surface area contributed by atoms with E-state index in [4.69, 9.17) is 4.74 Å². The molecule has 1 aromatic rings. The first kappa shape index (κ1) is 18.4. The van der Waals surface area contributed by atoms with Gasteiger partial charge in [0.05, 0.1) is 13.2 Å². The van der Waals surface area contributed by atoms with Gasteiger partial charge in [-0.15, -0.1) is 0 Å². The molecule has 2 rings (SSSR count). The zero-order valence-corrected chi connectivity index (χ0v) is 14.4. The van der Waals surface area contributed by atoms with E-state index >= 15 is 0 Å². The first-order valence-corrected chi connectivity index (χ1v) is 8.36. The predicted octanol–water partition coefficient (Wildman–Crippen LogP) is 1.21. The Morgan fingerprint density at radius 1 is 1.29 bits per heavy atom. The first-order chi connectivity index (χ1) is 11.4. The molecule has 1 heterocycles. The number of hydrogen-bond acceptors (Lipinski definition) is 4. The number of nitrogens with zero attached hydrogens (tertiary/aromatic N) is 1. The van der Waals surface area contributed by atoms with Gasteiger partial charge in [0.2, 0.25) is 5.91 Å². The van der Waals surface area contributed by atoms with Gasteiger partial charge in [-0.3, -0.25) is 9.59 Å². The first-order valence-electron chi connectivity index (χ1n) is 8.36. The Bertz CT molecular complexity index is 573. The van der Waals surface area contributed by atoms with Crippen molar-refractivity contribution in [3.63, 3.8) is 0 Å². The molecule has 0 radical (unpaired) electrons. The average molecular weight is 334 g/mol. The van der Waals surface area contributed by atoms with Crippen LogP contribution >= 0.6 is 0 Å². The van der Waals surface area contributed by atoms with Gasteiger partial charge in [-0.1, -0.05) is 24.3 Å². The largest absolute Gasteiger partial charge is 0.378 e. The molecule has 2 amide bonds. The van der Waals surface area contributed by atoms with Crippen LogP contribution in [0.3, 0.4) is 0 Å². The Morgan fingerprint density at radius 3 is 2.58 bits per heavy atom. The number of amides is 2. The van der Waals surface area contributed by atoms with Crippen molar-refractivity contribution in [2.45, 2.75) is 45.4 Å². The van der Waals surface area contributed by atoms with Gasteiger partial charge in [0, 0.05) is 26.6 Å². The maximum atomic E-state index is 12.4. The van der Waals surface area contributed by atoms with E-state index in [1.807, 2.05) is 31.2 Å². The van der Waals surface area contributed by atoms with E-state index in [1.54, 1.807) is 0 Å². The molecule has 0 aliphatic carbocycles. The molecule has 1 fully saturated rings. The second-order valence-corrected chi connectivity index (χ2v) is 6.21. The summed E-state index contributed by atoms with van der Waals surface area (Å²) < 4.78 is 5.34. The van der Waals surface area contributed by atoms with Crippen molar-refractivity contribution in [2.24, 2.45) is 0 Å². The summed E-state index contributed by atoms with van der Waals surface area (Å²) in [6.45, 7) is 5.64. The van der Waals surface area contributed by atoms with Crippen LogP contribution in [0.25, 0.3) is 0 Å². The number of benzene rings is 1. The van der Waals surface area contributed by atoms with Crippen molar-refractivity contribution >= 4 is 11.8 Å². The molecule has 132 valence electrons. The van der Waals surface area contributed by atoms with Crippen LogP contribution in [0.5, 0.6) is 0 Å². The molecule has 6 heteroatoms. The Hall–Kier alpha value is -1.92. The number of nitrogens with one attached hydrogen (secondary N) is 1. The Morgan fingerprint density at radius 2 is 1.96 bits per heavy atom. The fraction of sp³-hybridized carbons (Fsp3) is 0.556. The highest BCUT2D eigenvalue weighted by Crippen LogP contribution is 2.21. The third-order valence-corrected chi connectivity index (χ3v) is 4.29. The Balaban J connectivity index is 1.88. The Kier molecular flexibility index (Phi) is 6.34.